The van der Waals surface area contributed by atoms with Crippen LogP contribution < -0.4 is 10.7 Å². The van der Waals surface area contributed by atoms with E-state index in [9.17, 15) is 0 Å². The lowest BCUT2D eigenvalue weighted by Crippen LogP contribution is -2.30. The summed E-state index contributed by atoms with van der Waals surface area (Å²) in [5.41, 5.74) is 2.91. The Bertz CT molecular complexity index is 236. The predicted octanol–water partition coefficient (Wildman–Crippen LogP) is 2.66. The molecule has 0 atom stereocenters. The van der Waals surface area contributed by atoms with E-state index < -0.39 is 0 Å². The van der Waals surface area contributed by atoms with Gasteiger partial charge < -0.3 is 5.32 Å². The summed E-state index contributed by atoms with van der Waals surface area (Å²) in [6.07, 6.45) is 12.5. The number of hydrogen-bond donors (Lipinski definition) is 2. The van der Waals surface area contributed by atoms with Crippen molar-refractivity contribution < 1.29 is 0 Å². The molecule has 0 radical (unpaired) electrons. The lowest BCUT2D eigenvalue weighted by atomic mass is 10.1. The van der Waals surface area contributed by atoms with Gasteiger partial charge in [-0.05, 0) is 12.8 Å². The van der Waals surface area contributed by atoms with E-state index in [0.717, 1.165) is 25.5 Å². The minimum atomic E-state index is 0.806. The van der Waals surface area contributed by atoms with E-state index in [0.29, 0.717) is 0 Å². The van der Waals surface area contributed by atoms with Gasteiger partial charge in [0.1, 0.15) is 0 Å². The van der Waals surface area contributed by atoms with Crippen molar-refractivity contribution in [3.05, 3.63) is 0 Å². The van der Waals surface area contributed by atoms with Crippen LogP contribution in [-0.4, -0.2) is 25.3 Å². The third kappa shape index (κ3) is 7.77. The highest BCUT2D eigenvalue weighted by Crippen LogP contribution is 2.07. The molecular weight excluding hydrogens is 212 g/mol. The van der Waals surface area contributed by atoms with E-state index >= 15 is 0 Å². The molecule has 0 aliphatic carbocycles. The minimum absolute atomic E-state index is 0.806. The molecule has 0 spiro atoms. The lowest BCUT2D eigenvalue weighted by Gasteiger charge is -2.00. The zero-order chi connectivity index (χ0) is 12.2. The van der Waals surface area contributed by atoms with Crippen molar-refractivity contribution in [1.82, 2.24) is 10.7 Å². The SMILES string of the molecule is CCCCCCCCC/C=N/NC1=NCCN1. The fraction of sp³-hybridized carbons (Fsp3) is 0.846. The molecule has 0 aromatic heterocycles. The van der Waals surface area contributed by atoms with Gasteiger partial charge in [0.15, 0.2) is 0 Å². The average Bonchev–Trinajstić information content (AvgIpc) is 2.85. The van der Waals surface area contributed by atoms with Crippen molar-refractivity contribution in [2.45, 2.75) is 58.3 Å². The van der Waals surface area contributed by atoms with Crippen LogP contribution in [0.3, 0.4) is 0 Å². The second-order valence-electron chi connectivity index (χ2n) is 4.49. The van der Waals surface area contributed by atoms with Crippen molar-refractivity contribution in [2.75, 3.05) is 13.1 Å². The molecule has 17 heavy (non-hydrogen) atoms. The van der Waals surface area contributed by atoms with Gasteiger partial charge in [0, 0.05) is 12.8 Å². The molecule has 1 aliphatic heterocycles. The number of hydrogen-bond acceptors (Lipinski definition) is 4. The Kier molecular flexibility index (Phi) is 8.33. The smallest absolute Gasteiger partial charge is 0.212 e. The number of nitrogens with zero attached hydrogens (tertiary/aromatic N) is 2. The van der Waals surface area contributed by atoms with E-state index in [1.165, 1.54) is 44.9 Å². The molecule has 1 aliphatic rings. The van der Waals surface area contributed by atoms with Crippen molar-refractivity contribution in [2.24, 2.45) is 10.1 Å². The molecule has 0 fully saturated rings. The standard InChI is InChI=1S/C13H26N4/c1-2-3-4-5-6-7-8-9-10-16-17-13-14-11-12-15-13/h10H,2-9,11-12H2,1H3,(H2,14,15,17)/b16-10+. The first-order valence-corrected chi connectivity index (χ1v) is 6.99. The third-order valence-electron chi connectivity index (χ3n) is 2.87. The van der Waals surface area contributed by atoms with Crippen molar-refractivity contribution in [1.29, 1.82) is 0 Å². The monoisotopic (exact) mass is 238 g/mol. The highest BCUT2D eigenvalue weighted by Gasteiger charge is 2.00. The maximum absolute atomic E-state index is 4.19. The molecule has 0 unspecified atom stereocenters. The first kappa shape index (κ1) is 14.0. The van der Waals surface area contributed by atoms with Gasteiger partial charge in [-0.2, -0.15) is 5.10 Å². The number of rotatable bonds is 9. The van der Waals surface area contributed by atoms with Gasteiger partial charge in [0.2, 0.25) is 5.96 Å². The summed E-state index contributed by atoms with van der Waals surface area (Å²) in [6, 6.07) is 0. The van der Waals surface area contributed by atoms with Gasteiger partial charge in [0.05, 0.1) is 6.54 Å². The molecule has 1 rings (SSSR count). The highest BCUT2D eigenvalue weighted by molar-refractivity contribution is 5.81. The first-order chi connectivity index (χ1) is 8.43. The summed E-state index contributed by atoms with van der Waals surface area (Å²) in [7, 11) is 0. The van der Waals surface area contributed by atoms with Crippen LogP contribution in [0.25, 0.3) is 0 Å². The van der Waals surface area contributed by atoms with Gasteiger partial charge >= 0.3 is 0 Å². The quantitative estimate of drug-likeness (QED) is 0.368. The molecule has 0 aromatic carbocycles. The molecule has 4 nitrogen and oxygen atoms in total. The number of unbranched alkanes of at least 4 members (excludes halogenated alkanes) is 7. The van der Waals surface area contributed by atoms with Crippen LogP contribution in [0.5, 0.6) is 0 Å². The lowest BCUT2D eigenvalue weighted by molar-refractivity contribution is 0.596. The number of nitrogens with one attached hydrogen (secondary N) is 2. The van der Waals surface area contributed by atoms with Crippen LogP contribution in [0.15, 0.2) is 10.1 Å². The van der Waals surface area contributed by atoms with Crippen molar-refractivity contribution in [3.8, 4) is 0 Å². The van der Waals surface area contributed by atoms with Crippen LogP contribution in [0.2, 0.25) is 0 Å². The normalized spacial score (nSPS) is 15.0. The zero-order valence-electron chi connectivity index (χ0n) is 11.0. The van der Waals surface area contributed by atoms with Gasteiger partial charge in [-0.3, -0.25) is 0 Å². The van der Waals surface area contributed by atoms with Gasteiger partial charge in [0.25, 0.3) is 0 Å². The molecular formula is C13H26N4. The van der Waals surface area contributed by atoms with Crippen LogP contribution in [0.1, 0.15) is 58.3 Å². The Hall–Kier alpha value is -1.06. The van der Waals surface area contributed by atoms with E-state index in [-0.39, 0.29) is 0 Å². The maximum Gasteiger partial charge on any atom is 0.212 e. The largest absolute Gasteiger partial charge is 0.353 e. The Balaban J connectivity index is 1.81. The molecule has 4 heteroatoms. The van der Waals surface area contributed by atoms with Crippen LogP contribution in [-0.2, 0) is 0 Å². The Morgan fingerprint density at radius 3 is 2.71 bits per heavy atom. The topological polar surface area (TPSA) is 48.8 Å². The Labute approximate surface area is 105 Å². The molecule has 0 bridgehead atoms. The average molecular weight is 238 g/mol. The Morgan fingerprint density at radius 2 is 2.00 bits per heavy atom. The molecule has 2 N–H and O–H groups in total. The van der Waals surface area contributed by atoms with Crippen molar-refractivity contribution >= 4 is 12.2 Å². The van der Waals surface area contributed by atoms with Gasteiger partial charge in [-0.1, -0.05) is 45.4 Å². The summed E-state index contributed by atoms with van der Waals surface area (Å²) < 4.78 is 0. The predicted molar refractivity (Wildman–Crippen MR) is 74.5 cm³/mol. The highest BCUT2D eigenvalue weighted by atomic mass is 15.4. The van der Waals surface area contributed by atoms with Gasteiger partial charge in [-0.15, -0.1) is 0 Å². The first-order valence-electron chi connectivity index (χ1n) is 6.99. The minimum Gasteiger partial charge on any atom is -0.353 e. The Morgan fingerprint density at radius 1 is 1.24 bits per heavy atom. The second kappa shape index (κ2) is 10.1. The summed E-state index contributed by atoms with van der Waals surface area (Å²) in [4.78, 5) is 4.19. The van der Waals surface area contributed by atoms with Crippen molar-refractivity contribution in [3.63, 3.8) is 0 Å². The summed E-state index contributed by atoms with van der Waals surface area (Å²) in [6.45, 7) is 4.04. The van der Waals surface area contributed by atoms with Crippen LogP contribution in [0, 0.1) is 0 Å². The second-order valence-corrected chi connectivity index (χ2v) is 4.49. The van der Waals surface area contributed by atoms with Gasteiger partial charge in [-0.25, -0.2) is 10.4 Å². The summed E-state index contributed by atoms with van der Waals surface area (Å²) in [5, 5.41) is 7.24. The molecule has 0 saturated carbocycles. The summed E-state index contributed by atoms with van der Waals surface area (Å²) in [5.74, 6) is 0.806. The van der Waals surface area contributed by atoms with E-state index in [4.69, 9.17) is 0 Å². The zero-order valence-corrected chi connectivity index (χ0v) is 11.0. The molecule has 0 amide bonds. The maximum atomic E-state index is 4.19. The molecule has 1 heterocycles. The molecule has 0 aromatic rings. The third-order valence-corrected chi connectivity index (χ3v) is 2.87. The number of hydrazone groups is 1. The number of aliphatic imine (C=N–C) groups is 1. The van der Waals surface area contributed by atoms with Crippen LogP contribution >= 0.6 is 0 Å². The fourth-order valence-electron chi connectivity index (χ4n) is 1.84. The van der Waals surface area contributed by atoms with E-state index in [1.54, 1.807) is 0 Å². The van der Waals surface area contributed by atoms with E-state index in [1.807, 2.05) is 6.21 Å². The molecule has 0 saturated heterocycles. The fourth-order valence-corrected chi connectivity index (χ4v) is 1.84. The molecule has 98 valence electrons. The van der Waals surface area contributed by atoms with Crippen LogP contribution in [0.4, 0.5) is 0 Å². The number of guanidine groups is 1. The summed E-state index contributed by atoms with van der Waals surface area (Å²) >= 11 is 0. The van der Waals surface area contributed by atoms with E-state index in [2.05, 4.69) is 27.8 Å².